The molecule has 1 atom stereocenters. The number of benzene rings is 4. The number of rotatable bonds is 11. The third kappa shape index (κ3) is 8.30. The van der Waals surface area contributed by atoms with Crippen molar-refractivity contribution in [3.05, 3.63) is 123 Å². The number of fused-ring (bicyclic) bond motifs is 1. The Balaban J connectivity index is 1.10. The van der Waals surface area contributed by atoms with Crippen LogP contribution in [-0.4, -0.2) is 64.7 Å². The molecule has 54 heavy (non-hydrogen) atoms. The highest BCUT2D eigenvalue weighted by atomic mass is 35.5. The summed E-state index contributed by atoms with van der Waals surface area (Å²) in [6, 6.07) is 25.3. The second kappa shape index (κ2) is 15.7. The predicted octanol–water partition coefficient (Wildman–Crippen LogP) is 8.80. The Kier molecular flexibility index (Phi) is 10.8. The highest BCUT2D eigenvalue weighted by Crippen LogP contribution is 2.43. The van der Waals surface area contributed by atoms with Gasteiger partial charge in [0, 0.05) is 79.7 Å². The molecule has 0 bridgehead atoms. The second-order valence-electron chi connectivity index (χ2n) is 14.6. The number of nitrogens with one attached hydrogen (secondary N) is 3. The van der Waals surface area contributed by atoms with Gasteiger partial charge in [-0.1, -0.05) is 43.2 Å². The first-order valence-corrected chi connectivity index (χ1v) is 19.5. The summed E-state index contributed by atoms with van der Waals surface area (Å²) in [5, 5.41) is 16.1. The van der Waals surface area contributed by atoms with Gasteiger partial charge in [-0.2, -0.15) is 0 Å². The summed E-state index contributed by atoms with van der Waals surface area (Å²) in [5.74, 6) is 0.208. The molecule has 0 radical (unpaired) electrons. The Bertz CT molecular complexity index is 2260. The number of H-pyrrole nitrogens is 1. The van der Waals surface area contributed by atoms with Gasteiger partial charge in [0.2, 0.25) is 0 Å². The predicted molar refractivity (Wildman–Crippen MR) is 216 cm³/mol. The molecule has 7 rings (SSSR count). The van der Waals surface area contributed by atoms with Crippen LogP contribution in [0.3, 0.4) is 0 Å². The summed E-state index contributed by atoms with van der Waals surface area (Å²) in [6.45, 7) is 8.96. The van der Waals surface area contributed by atoms with E-state index in [1.54, 1.807) is 13.1 Å². The van der Waals surface area contributed by atoms with E-state index in [4.69, 9.17) is 16.3 Å². The molecule has 2 heterocycles. The molecule has 11 nitrogen and oxygen atoms in total. The van der Waals surface area contributed by atoms with Crippen LogP contribution in [-0.2, 0) is 11.0 Å². The number of nitro benzene ring substituents is 1. The van der Waals surface area contributed by atoms with Crippen molar-refractivity contribution >= 4 is 62.0 Å². The van der Waals surface area contributed by atoms with Crippen LogP contribution >= 0.6 is 11.6 Å². The lowest BCUT2D eigenvalue weighted by molar-refractivity contribution is -0.384. The number of nitro groups is 1. The molecule has 1 unspecified atom stereocenters. The van der Waals surface area contributed by atoms with Crippen molar-refractivity contribution in [1.82, 2.24) is 14.6 Å². The van der Waals surface area contributed by atoms with E-state index in [0.29, 0.717) is 11.5 Å². The van der Waals surface area contributed by atoms with Gasteiger partial charge in [-0.15, -0.1) is 0 Å². The quantitative estimate of drug-likeness (QED) is 0.0898. The maximum Gasteiger partial charge on any atom is 0.293 e. The molecule has 0 spiro atoms. The minimum Gasteiger partial charge on any atom is -0.456 e. The number of halogens is 1. The molecule has 5 aromatic rings. The van der Waals surface area contributed by atoms with E-state index in [-0.39, 0.29) is 27.2 Å². The number of carbonyl (C=O) groups is 1. The largest absolute Gasteiger partial charge is 0.456 e. The third-order valence-electron chi connectivity index (χ3n) is 10.3. The van der Waals surface area contributed by atoms with E-state index in [9.17, 15) is 19.1 Å². The Morgan fingerprint density at radius 2 is 1.78 bits per heavy atom. The smallest absolute Gasteiger partial charge is 0.293 e. The van der Waals surface area contributed by atoms with E-state index in [0.717, 1.165) is 73.6 Å². The fraction of sp³-hybridized carbons (Fsp3) is 0.293. The molecule has 1 fully saturated rings. The van der Waals surface area contributed by atoms with Gasteiger partial charge in [0.1, 0.15) is 17.2 Å². The normalized spacial score (nSPS) is 16.6. The number of aromatic nitrogens is 1. The molecule has 0 saturated carbocycles. The van der Waals surface area contributed by atoms with Crippen molar-refractivity contribution in [3.8, 4) is 11.5 Å². The van der Waals surface area contributed by atoms with Crippen LogP contribution in [0.2, 0.25) is 5.02 Å². The molecule has 4 aromatic carbocycles. The van der Waals surface area contributed by atoms with E-state index < -0.39 is 21.8 Å². The molecule has 1 aromatic heterocycles. The molecule has 1 aliphatic heterocycles. The zero-order valence-electron chi connectivity index (χ0n) is 30.5. The van der Waals surface area contributed by atoms with Gasteiger partial charge in [0.15, 0.2) is 11.0 Å². The summed E-state index contributed by atoms with van der Waals surface area (Å²) >= 11 is 6.23. The summed E-state index contributed by atoms with van der Waals surface area (Å²) in [4.78, 5) is 32.8. The Hall–Kier alpha value is -5.17. The van der Waals surface area contributed by atoms with E-state index in [1.807, 2.05) is 54.7 Å². The number of piperazine rings is 1. The van der Waals surface area contributed by atoms with Crippen LogP contribution in [0.15, 0.2) is 102 Å². The van der Waals surface area contributed by atoms with E-state index in [2.05, 4.69) is 50.8 Å². The standard InChI is InChI=1S/C41H43ClN6O5S/c1-41(2)16-14-29(35(25-41)27-4-6-30(42)7-5-27)26-46-18-20-47(21-19-46)31-8-11-34(39(23-31)53-32-9-12-36-28(22-32)15-17-44-36)40(49)45-54(52)33-10-13-37(43-3)38(24-33)48(50)51/h4-13,15,17,22-24,43-44H,14,16,18-21,25-26H2,1-3H3,(H,45,49). The van der Waals surface area contributed by atoms with E-state index in [1.165, 1.54) is 34.9 Å². The zero-order valence-corrected chi connectivity index (χ0v) is 32.1. The van der Waals surface area contributed by atoms with Gasteiger partial charge >= 0.3 is 0 Å². The second-order valence-corrected chi connectivity index (χ2v) is 16.2. The maximum atomic E-state index is 13.7. The summed E-state index contributed by atoms with van der Waals surface area (Å²) in [6.07, 6.45) is 5.13. The van der Waals surface area contributed by atoms with Crippen LogP contribution in [0.4, 0.5) is 17.1 Å². The van der Waals surface area contributed by atoms with Gasteiger partial charge in [-0.3, -0.25) is 24.5 Å². The van der Waals surface area contributed by atoms with Crippen LogP contribution in [0, 0.1) is 15.5 Å². The first kappa shape index (κ1) is 37.2. The van der Waals surface area contributed by atoms with Gasteiger partial charge in [-0.05, 0) is 96.5 Å². The number of nitrogens with zero attached hydrogens (tertiary/aromatic N) is 3. The lowest BCUT2D eigenvalue weighted by Gasteiger charge is -2.39. The van der Waals surface area contributed by atoms with Gasteiger partial charge in [0.05, 0.1) is 15.4 Å². The summed E-state index contributed by atoms with van der Waals surface area (Å²) in [7, 11) is -0.510. The third-order valence-corrected chi connectivity index (χ3v) is 11.6. The van der Waals surface area contributed by atoms with Crippen LogP contribution in [0.1, 0.15) is 49.0 Å². The van der Waals surface area contributed by atoms with Crippen molar-refractivity contribution in [2.75, 3.05) is 50.0 Å². The molecule has 1 saturated heterocycles. The lowest BCUT2D eigenvalue weighted by Crippen LogP contribution is -2.47. The zero-order chi connectivity index (χ0) is 38.0. The number of ether oxygens (including phenoxy) is 1. The molecular weight excluding hydrogens is 724 g/mol. The SMILES string of the molecule is CNc1ccc(S(=O)NC(=O)c2ccc(N3CCN(CC4=C(c5ccc(Cl)cc5)CC(C)(C)CC4)CC3)cc2Oc2ccc3[nH]ccc3c2)cc1[N+](=O)[O-]. The van der Waals surface area contributed by atoms with Crippen molar-refractivity contribution in [1.29, 1.82) is 0 Å². The number of aromatic amines is 1. The molecule has 13 heteroatoms. The summed E-state index contributed by atoms with van der Waals surface area (Å²) < 4.78 is 22.2. The molecule has 1 amide bonds. The topological polar surface area (TPSA) is 133 Å². The Labute approximate surface area is 322 Å². The van der Waals surface area contributed by atoms with Gasteiger partial charge < -0.3 is 19.9 Å². The van der Waals surface area contributed by atoms with E-state index >= 15 is 0 Å². The first-order valence-electron chi connectivity index (χ1n) is 18.0. The number of amides is 1. The van der Waals surface area contributed by atoms with Crippen molar-refractivity contribution in [3.63, 3.8) is 0 Å². The highest BCUT2D eigenvalue weighted by molar-refractivity contribution is 7.83. The number of allylic oxidation sites excluding steroid dienone is 1. The fourth-order valence-electron chi connectivity index (χ4n) is 7.29. The number of hydrogen-bond donors (Lipinski definition) is 3. The molecular formula is C41H43ClN6O5S. The Morgan fingerprint density at radius 3 is 2.52 bits per heavy atom. The first-order chi connectivity index (χ1) is 26.0. The number of anilines is 2. The molecule has 2 aliphatic rings. The minimum atomic E-state index is -2.07. The van der Waals surface area contributed by atoms with Gasteiger partial charge in [0.25, 0.3) is 11.6 Å². The van der Waals surface area contributed by atoms with Crippen LogP contribution < -0.4 is 19.7 Å². The molecule has 3 N–H and O–H groups in total. The van der Waals surface area contributed by atoms with Gasteiger partial charge in [-0.25, -0.2) is 4.21 Å². The van der Waals surface area contributed by atoms with Crippen molar-refractivity contribution < 1.29 is 18.7 Å². The number of hydrogen-bond acceptors (Lipinski definition) is 8. The minimum absolute atomic E-state index is 0.0944. The fourth-order valence-corrected chi connectivity index (χ4v) is 8.22. The summed E-state index contributed by atoms with van der Waals surface area (Å²) in [5.41, 5.74) is 6.52. The monoisotopic (exact) mass is 766 g/mol. The molecule has 1 aliphatic carbocycles. The Morgan fingerprint density at radius 1 is 1.00 bits per heavy atom. The van der Waals surface area contributed by atoms with Crippen LogP contribution in [0.5, 0.6) is 11.5 Å². The average Bonchev–Trinajstić information content (AvgIpc) is 3.64. The maximum absolute atomic E-state index is 13.7. The molecule has 280 valence electrons. The average molecular weight is 767 g/mol. The highest BCUT2D eigenvalue weighted by Gasteiger charge is 2.30. The van der Waals surface area contributed by atoms with Crippen molar-refractivity contribution in [2.45, 2.75) is 38.0 Å². The van der Waals surface area contributed by atoms with Crippen LogP contribution in [0.25, 0.3) is 16.5 Å². The van der Waals surface area contributed by atoms with Crippen molar-refractivity contribution in [2.24, 2.45) is 5.41 Å². The number of carbonyl (C=O) groups excluding carboxylic acids is 1. The lowest BCUT2D eigenvalue weighted by atomic mass is 9.72.